The van der Waals surface area contributed by atoms with Gasteiger partial charge in [-0.1, -0.05) is 20.8 Å². The van der Waals surface area contributed by atoms with Gasteiger partial charge in [-0.3, -0.25) is 4.79 Å². The van der Waals surface area contributed by atoms with E-state index in [1.165, 1.54) is 0 Å². The standard InChI is InChI=1S/C14H21N3O2/c1-14(2,3)13(18)16-11-5-4-6-15-12(11)17-7-9-19-10-8-17/h4-6H,7-10H2,1-3H3,(H,16,18). The second-order valence-corrected chi connectivity index (χ2v) is 5.68. The molecule has 0 atom stereocenters. The SMILES string of the molecule is CC(C)(C)C(=O)Nc1cccnc1N1CCOCC1. The zero-order chi connectivity index (χ0) is 13.9. The van der Waals surface area contributed by atoms with E-state index in [1.807, 2.05) is 32.9 Å². The Morgan fingerprint density at radius 2 is 2.05 bits per heavy atom. The van der Waals surface area contributed by atoms with Crippen LogP contribution in [0, 0.1) is 5.41 Å². The van der Waals surface area contributed by atoms with Crippen molar-refractivity contribution in [2.24, 2.45) is 5.41 Å². The van der Waals surface area contributed by atoms with E-state index >= 15 is 0 Å². The van der Waals surface area contributed by atoms with Gasteiger partial charge in [0.1, 0.15) is 0 Å². The largest absolute Gasteiger partial charge is 0.378 e. The van der Waals surface area contributed by atoms with Crippen LogP contribution in [0.15, 0.2) is 18.3 Å². The number of nitrogens with one attached hydrogen (secondary N) is 1. The summed E-state index contributed by atoms with van der Waals surface area (Å²) in [7, 11) is 0. The van der Waals surface area contributed by atoms with Crippen LogP contribution in [0.25, 0.3) is 0 Å². The van der Waals surface area contributed by atoms with Crippen molar-refractivity contribution >= 4 is 17.4 Å². The third-order valence-corrected chi connectivity index (χ3v) is 3.03. The predicted octanol–water partition coefficient (Wildman–Crippen LogP) is 1.90. The third-order valence-electron chi connectivity index (χ3n) is 3.03. The number of pyridine rings is 1. The molecule has 2 heterocycles. The first-order valence-electron chi connectivity index (χ1n) is 6.57. The Morgan fingerprint density at radius 1 is 1.37 bits per heavy atom. The Balaban J connectivity index is 2.18. The molecule has 1 N–H and O–H groups in total. The van der Waals surface area contributed by atoms with Crippen molar-refractivity contribution in [1.82, 2.24) is 4.98 Å². The molecular formula is C14H21N3O2. The summed E-state index contributed by atoms with van der Waals surface area (Å²) in [5, 5.41) is 2.96. The number of morpholine rings is 1. The molecule has 5 nitrogen and oxygen atoms in total. The van der Waals surface area contributed by atoms with Crippen LogP contribution >= 0.6 is 0 Å². The summed E-state index contributed by atoms with van der Waals surface area (Å²) >= 11 is 0. The van der Waals surface area contributed by atoms with Crippen LogP contribution in [0.1, 0.15) is 20.8 Å². The lowest BCUT2D eigenvalue weighted by atomic mass is 9.95. The molecule has 0 radical (unpaired) electrons. The molecule has 0 saturated carbocycles. The maximum Gasteiger partial charge on any atom is 0.229 e. The molecule has 1 aromatic rings. The fourth-order valence-corrected chi connectivity index (χ4v) is 1.83. The highest BCUT2D eigenvalue weighted by Gasteiger charge is 2.23. The van der Waals surface area contributed by atoms with Crippen molar-refractivity contribution in [1.29, 1.82) is 0 Å². The van der Waals surface area contributed by atoms with E-state index < -0.39 is 5.41 Å². The van der Waals surface area contributed by atoms with E-state index in [2.05, 4.69) is 15.2 Å². The predicted molar refractivity (Wildman–Crippen MR) is 75.4 cm³/mol. The summed E-state index contributed by atoms with van der Waals surface area (Å²) < 4.78 is 5.34. The number of hydrogen-bond acceptors (Lipinski definition) is 4. The third kappa shape index (κ3) is 3.44. The van der Waals surface area contributed by atoms with Gasteiger partial charge < -0.3 is 15.0 Å². The first-order chi connectivity index (χ1) is 8.98. The van der Waals surface area contributed by atoms with Crippen LogP contribution in [0.3, 0.4) is 0 Å². The fourth-order valence-electron chi connectivity index (χ4n) is 1.83. The second-order valence-electron chi connectivity index (χ2n) is 5.68. The van der Waals surface area contributed by atoms with Crippen LogP contribution in [-0.2, 0) is 9.53 Å². The maximum absolute atomic E-state index is 12.1. The molecule has 0 unspecified atom stereocenters. The first-order valence-corrected chi connectivity index (χ1v) is 6.57. The summed E-state index contributed by atoms with van der Waals surface area (Å²) in [6, 6.07) is 3.73. The van der Waals surface area contributed by atoms with E-state index in [9.17, 15) is 4.79 Å². The Kier molecular flexibility index (Phi) is 4.04. The monoisotopic (exact) mass is 263 g/mol. The van der Waals surface area contributed by atoms with E-state index in [1.54, 1.807) is 6.20 Å². The molecule has 1 saturated heterocycles. The maximum atomic E-state index is 12.1. The number of carbonyl (C=O) groups excluding carboxylic acids is 1. The van der Waals surface area contributed by atoms with Crippen molar-refractivity contribution in [3.8, 4) is 0 Å². The molecule has 1 aromatic heterocycles. The van der Waals surface area contributed by atoms with Crippen molar-refractivity contribution in [3.63, 3.8) is 0 Å². The lowest BCUT2D eigenvalue weighted by molar-refractivity contribution is -0.123. The fraction of sp³-hybridized carbons (Fsp3) is 0.571. The average molecular weight is 263 g/mol. The molecule has 0 aliphatic carbocycles. The van der Waals surface area contributed by atoms with Gasteiger partial charge in [-0.2, -0.15) is 0 Å². The molecule has 1 fully saturated rings. The summed E-state index contributed by atoms with van der Waals surface area (Å²) in [6.45, 7) is 8.69. The van der Waals surface area contributed by atoms with Gasteiger partial charge in [-0.15, -0.1) is 0 Å². The van der Waals surface area contributed by atoms with E-state index in [4.69, 9.17) is 4.74 Å². The smallest absolute Gasteiger partial charge is 0.229 e. The molecule has 1 aliphatic heterocycles. The zero-order valence-corrected chi connectivity index (χ0v) is 11.8. The highest BCUT2D eigenvalue weighted by Crippen LogP contribution is 2.25. The molecule has 0 aromatic carbocycles. The number of amides is 1. The van der Waals surface area contributed by atoms with Crippen molar-refractivity contribution in [2.75, 3.05) is 36.5 Å². The van der Waals surface area contributed by atoms with Crippen LogP contribution in [0.4, 0.5) is 11.5 Å². The number of ether oxygens (including phenoxy) is 1. The van der Waals surface area contributed by atoms with Gasteiger partial charge >= 0.3 is 0 Å². The Bertz CT molecular complexity index is 448. The van der Waals surface area contributed by atoms with Gasteiger partial charge in [0, 0.05) is 24.7 Å². The van der Waals surface area contributed by atoms with Gasteiger partial charge in [0.25, 0.3) is 0 Å². The summed E-state index contributed by atoms with van der Waals surface area (Å²) in [6.07, 6.45) is 1.75. The topological polar surface area (TPSA) is 54.5 Å². The lowest BCUT2D eigenvalue weighted by Crippen LogP contribution is -2.37. The lowest BCUT2D eigenvalue weighted by Gasteiger charge is -2.29. The normalized spacial score (nSPS) is 16.3. The number of anilines is 2. The highest BCUT2D eigenvalue weighted by atomic mass is 16.5. The number of carbonyl (C=O) groups is 1. The molecule has 0 spiro atoms. The molecule has 2 rings (SSSR count). The minimum atomic E-state index is -0.419. The van der Waals surface area contributed by atoms with Gasteiger partial charge in [0.15, 0.2) is 5.82 Å². The van der Waals surface area contributed by atoms with Crippen LogP contribution < -0.4 is 10.2 Å². The van der Waals surface area contributed by atoms with Gasteiger partial charge in [0.05, 0.1) is 18.9 Å². The van der Waals surface area contributed by atoms with Crippen LogP contribution in [0.2, 0.25) is 0 Å². The van der Waals surface area contributed by atoms with Crippen molar-refractivity contribution < 1.29 is 9.53 Å². The minimum absolute atomic E-state index is 0.00462. The average Bonchev–Trinajstić information content (AvgIpc) is 2.39. The van der Waals surface area contributed by atoms with E-state index in [-0.39, 0.29) is 5.91 Å². The minimum Gasteiger partial charge on any atom is -0.378 e. The quantitative estimate of drug-likeness (QED) is 0.885. The van der Waals surface area contributed by atoms with Gasteiger partial charge in [0.2, 0.25) is 5.91 Å². The number of hydrogen-bond donors (Lipinski definition) is 1. The number of aromatic nitrogens is 1. The molecule has 19 heavy (non-hydrogen) atoms. The van der Waals surface area contributed by atoms with E-state index in [0.29, 0.717) is 13.2 Å². The Morgan fingerprint density at radius 3 is 2.68 bits per heavy atom. The van der Waals surface area contributed by atoms with Crippen LogP contribution in [0.5, 0.6) is 0 Å². The Hall–Kier alpha value is -1.62. The summed E-state index contributed by atoms with van der Waals surface area (Å²) in [4.78, 5) is 18.6. The summed E-state index contributed by atoms with van der Waals surface area (Å²) in [5.74, 6) is 0.818. The molecule has 1 aliphatic rings. The van der Waals surface area contributed by atoms with Crippen LogP contribution in [-0.4, -0.2) is 37.2 Å². The summed E-state index contributed by atoms with van der Waals surface area (Å²) in [5.41, 5.74) is 0.349. The number of rotatable bonds is 2. The zero-order valence-electron chi connectivity index (χ0n) is 11.8. The van der Waals surface area contributed by atoms with Crippen molar-refractivity contribution in [2.45, 2.75) is 20.8 Å². The van der Waals surface area contributed by atoms with Crippen molar-refractivity contribution in [3.05, 3.63) is 18.3 Å². The molecular weight excluding hydrogens is 242 g/mol. The Labute approximate surface area is 114 Å². The van der Waals surface area contributed by atoms with E-state index in [0.717, 1.165) is 24.6 Å². The molecule has 1 amide bonds. The van der Waals surface area contributed by atoms with Gasteiger partial charge in [-0.05, 0) is 12.1 Å². The van der Waals surface area contributed by atoms with Gasteiger partial charge in [-0.25, -0.2) is 4.98 Å². The first kappa shape index (κ1) is 13.8. The second kappa shape index (κ2) is 5.57. The molecule has 104 valence electrons. The molecule has 0 bridgehead atoms. The highest BCUT2D eigenvalue weighted by molar-refractivity contribution is 5.96. The number of nitrogens with zero attached hydrogens (tertiary/aromatic N) is 2. The molecule has 5 heteroatoms.